The molecule has 2 aromatic heterocycles. The Balaban J connectivity index is 1.61. The maximum atomic E-state index is 12.3. The molecule has 4 rings (SSSR count). The predicted octanol–water partition coefficient (Wildman–Crippen LogP) is 2.02. The van der Waals surface area contributed by atoms with Crippen LogP contribution in [0.15, 0.2) is 18.5 Å². The molecule has 0 N–H and O–H groups in total. The third-order valence-corrected chi connectivity index (χ3v) is 4.57. The van der Waals surface area contributed by atoms with Crippen LogP contribution in [-0.2, 0) is 4.79 Å². The summed E-state index contributed by atoms with van der Waals surface area (Å²) >= 11 is 0. The zero-order valence-electron chi connectivity index (χ0n) is 11.3. The number of hydrogen-bond acceptors (Lipinski definition) is 3. The zero-order chi connectivity index (χ0) is 13.5. The van der Waals surface area contributed by atoms with Crippen LogP contribution >= 0.6 is 0 Å². The van der Waals surface area contributed by atoms with E-state index >= 15 is 0 Å². The number of hydrogen-bond donors (Lipinski definition) is 0. The zero-order valence-corrected chi connectivity index (χ0v) is 11.3. The summed E-state index contributed by atoms with van der Waals surface area (Å²) in [6.45, 7) is 0. The van der Waals surface area contributed by atoms with E-state index in [4.69, 9.17) is 0 Å². The van der Waals surface area contributed by atoms with E-state index in [1.165, 1.54) is 23.6 Å². The summed E-state index contributed by atoms with van der Waals surface area (Å²) in [6.07, 6.45) is 15.5. The van der Waals surface area contributed by atoms with E-state index in [0.717, 1.165) is 18.4 Å². The Labute approximate surface area is 117 Å². The van der Waals surface area contributed by atoms with Crippen molar-refractivity contribution in [3.8, 4) is 0 Å². The van der Waals surface area contributed by atoms with Crippen molar-refractivity contribution < 1.29 is 4.79 Å². The summed E-state index contributed by atoms with van der Waals surface area (Å²) < 4.78 is 1.80. The van der Waals surface area contributed by atoms with Gasteiger partial charge in [0.15, 0.2) is 0 Å². The number of allylic oxidation sites excluding steroid dienone is 1. The average Bonchev–Trinajstić information content (AvgIpc) is 3.15. The lowest BCUT2D eigenvalue weighted by molar-refractivity contribution is -0.122. The molecule has 1 unspecified atom stereocenters. The van der Waals surface area contributed by atoms with E-state index < -0.39 is 0 Å². The first-order valence-electron chi connectivity index (χ1n) is 7.37. The molecule has 1 saturated carbocycles. The third-order valence-electron chi connectivity index (χ3n) is 4.57. The van der Waals surface area contributed by atoms with Gasteiger partial charge in [0, 0.05) is 35.2 Å². The highest BCUT2D eigenvalue weighted by Gasteiger charge is 2.24. The Kier molecular flexibility index (Phi) is 2.69. The minimum absolute atomic E-state index is 0.219. The molecular weight excluding hydrogens is 250 g/mol. The highest BCUT2D eigenvalue weighted by atomic mass is 16.1. The van der Waals surface area contributed by atoms with E-state index in [9.17, 15) is 4.79 Å². The highest BCUT2D eigenvalue weighted by Crippen LogP contribution is 2.28. The molecule has 1 atom stereocenters. The average molecular weight is 267 g/mol. The van der Waals surface area contributed by atoms with Crippen molar-refractivity contribution in [1.29, 1.82) is 0 Å². The van der Waals surface area contributed by atoms with Gasteiger partial charge in [-0.25, -0.2) is 4.52 Å². The van der Waals surface area contributed by atoms with E-state index in [0.29, 0.717) is 18.1 Å². The number of Topliss-reactive ketones (excluding diaryl/α,β-unsaturated/α-hetero) is 1. The van der Waals surface area contributed by atoms with E-state index in [1.54, 1.807) is 10.7 Å². The molecule has 102 valence electrons. The van der Waals surface area contributed by atoms with Crippen LogP contribution < -0.4 is 5.22 Å². The maximum absolute atomic E-state index is 12.3. The lowest BCUT2D eigenvalue weighted by Gasteiger charge is -2.13. The van der Waals surface area contributed by atoms with Crippen molar-refractivity contribution in [2.24, 2.45) is 11.8 Å². The fraction of sp³-hybridized carbons (Fsp3) is 0.438. The molecule has 0 spiro atoms. The van der Waals surface area contributed by atoms with Crippen LogP contribution in [0.25, 0.3) is 17.7 Å². The van der Waals surface area contributed by atoms with E-state index in [-0.39, 0.29) is 5.92 Å². The van der Waals surface area contributed by atoms with Crippen molar-refractivity contribution in [3.05, 3.63) is 29.3 Å². The monoisotopic (exact) mass is 267 g/mol. The van der Waals surface area contributed by atoms with Gasteiger partial charge in [0.1, 0.15) is 5.78 Å². The summed E-state index contributed by atoms with van der Waals surface area (Å²) in [6, 6.07) is 0. The van der Waals surface area contributed by atoms with Crippen LogP contribution in [0.5, 0.6) is 0 Å². The van der Waals surface area contributed by atoms with Gasteiger partial charge in [0.25, 0.3) is 0 Å². The van der Waals surface area contributed by atoms with Crippen LogP contribution in [-0.4, -0.2) is 20.6 Å². The van der Waals surface area contributed by atoms with Crippen LogP contribution in [0.4, 0.5) is 0 Å². The van der Waals surface area contributed by atoms with E-state index in [1.807, 2.05) is 6.20 Å². The number of fused-ring (bicyclic) bond motifs is 3. The van der Waals surface area contributed by atoms with Crippen molar-refractivity contribution in [1.82, 2.24) is 14.8 Å². The Morgan fingerprint density at radius 1 is 1.35 bits per heavy atom. The molecule has 2 aliphatic carbocycles. The standard InChI is InChI=1S/C16H17N3O/c20-16(12-3-1-2-4-12)8-11-5-6-13-10-19-15(9-17-18-19)14(13)7-11/h5-7,9-12H,1-4,8H2. The number of carbonyl (C=O) groups is 1. The van der Waals surface area contributed by atoms with Crippen LogP contribution in [0, 0.1) is 11.8 Å². The fourth-order valence-electron chi connectivity index (χ4n) is 3.47. The second-order valence-corrected chi connectivity index (χ2v) is 5.90. The molecule has 0 bridgehead atoms. The SMILES string of the molecule is O=C(CC1C=Cc2cn3nncc3c2=C1)C1CCCC1. The van der Waals surface area contributed by atoms with Gasteiger partial charge in [0.2, 0.25) is 0 Å². The van der Waals surface area contributed by atoms with Gasteiger partial charge < -0.3 is 0 Å². The summed E-state index contributed by atoms with van der Waals surface area (Å²) in [5, 5.41) is 9.11. The van der Waals surface area contributed by atoms with Gasteiger partial charge in [-0.3, -0.25) is 4.79 Å². The summed E-state index contributed by atoms with van der Waals surface area (Å²) in [7, 11) is 0. The number of carbonyl (C=O) groups excluding carboxylic acids is 1. The predicted molar refractivity (Wildman–Crippen MR) is 76.8 cm³/mol. The Morgan fingerprint density at radius 2 is 2.20 bits per heavy atom. The topological polar surface area (TPSA) is 47.3 Å². The first-order valence-corrected chi connectivity index (χ1v) is 7.37. The molecule has 0 aromatic carbocycles. The Bertz CT molecular complexity index is 737. The van der Waals surface area contributed by atoms with E-state index in [2.05, 4.69) is 28.5 Å². The molecule has 2 aromatic rings. The second kappa shape index (κ2) is 4.54. The van der Waals surface area contributed by atoms with Crippen molar-refractivity contribution in [3.63, 3.8) is 0 Å². The third kappa shape index (κ3) is 1.87. The molecule has 0 radical (unpaired) electrons. The molecule has 0 saturated heterocycles. The maximum Gasteiger partial charge on any atom is 0.136 e. The molecule has 4 heteroatoms. The van der Waals surface area contributed by atoms with Gasteiger partial charge in [-0.2, -0.15) is 0 Å². The molecule has 2 heterocycles. The quantitative estimate of drug-likeness (QED) is 0.854. The molecule has 1 fully saturated rings. The normalized spacial score (nSPS) is 22.1. The molecule has 4 nitrogen and oxygen atoms in total. The molecular formula is C16H17N3O. The highest BCUT2D eigenvalue weighted by molar-refractivity contribution is 5.83. The lowest BCUT2D eigenvalue weighted by atomic mass is 9.90. The van der Waals surface area contributed by atoms with Gasteiger partial charge >= 0.3 is 0 Å². The first kappa shape index (κ1) is 11.8. The summed E-state index contributed by atoms with van der Waals surface area (Å²) in [5.74, 6) is 0.970. The van der Waals surface area contributed by atoms with Gasteiger partial charge in [-0.05, 0) is 12.8 Å². The largest absolute Gasteiger partial charge is 0.299 e. The number of aromatic nitrogens is 3. The molecule has 2 aliphatic rings. The number of nitrogens with zero attached hydrogens (tertiary/aromatic N) is 3. The van der Waals surface area contributed by atoms with Gasteiger partial charge in [-0.15, -0.1) is 5.10 Å². The Hall–Kier alpha value is -1.97. The van der Waals surface area contributed by atoms with Gasteiger partial charge in [-0.1, -0.05) is 36.3 Å². The van der Waals surface area contributed by atoms with Crippen molar-refractivity contribution >= 4 is 23.5 Å². The van der Waals surface area contributed by atoms with Gasteiger partial charge in [0.05, 0.1) is 11.7 Å². The smallest absolute Gasteiger partial charge is 0.136 e. The number of ketones is 1. The van der Waals surface area contributed by atoms with Crippen LogP contribution in [0.3, 0.4) is 0 Å². The van der Waals surface area contributed by atoms with Crippen LogP contribution in [0.2, 0.25) is 0 Å². The minimum atomic E-state index is 0.219. The Morgan fingerprint density at radius 3 is 3.05 bits per heavy atom. The molecule has 0 aliphatic heterocycles. The summed E-state index contributed by atoms with van der Waals surface area (Å²) in [4.78, 5) is 12.3. The fourth-order valence-corrected chi connectivity index (χ4v) is 3.47. The van der Waals surface area contributed by atoms with Crippen molar-refractivity contribution in [2.75, 3.05) is 0 Å². The minimum Gasteiger partial charge on any atom is -0.299 e. The molecule has 20 heavy (non-hydrogen) atoms. The lowest BCUT2D eigenvalue weighted by Crippen LogP contribution is -2.17. The first-order chi connectivity index (χ1) is 9.81. The molecule has 0 amide bonds. The number of rotatable bonds is 3. The van der Waals surface area contributed by atoms with Crippen molar-refractivity contribution in [2.45, 2.75) is 32.1 Å². The summed E-state index contributed by atoms with van der Waals surface area (Å²) in [5.41, 5.74) is 2.20. The second-order valence-electron chi connectivity index (χ2n) is 5.90. The van der Waals surface area contributed by atoms with Crippen LogP contribution in [0.1, 0.15) is 37.7 Å².